The second kappa shape index (κ2) is 7.75. The Hall–Kier alpha value is -3.67. The number of aryl methyl sites for hydroxylation is 1. The van der Waals surface area contributed by atoms with Crippen molar-refractivity contribution in [3.05, 3.63) is 94.8 Å². The lowest BCUT2D eigenvalue weighted by Crippen LogP contribution is -2.16. The largest absolute Gasteiger partial charge is 0.456 e. The summed E-state index contributed by atoms with van der Waals surface area (Å²) in [5, 5.41) is 5.15. The molecule has 0 bridgehead atoms. The molecule has 4 aromatic rings. The topological polar surface area (TPSA) is 59.5 Å². The molecule has 2 heterocycles. The molecule has 4 rings (SSSR count). The quantitative estimate of drug-likeness (QED) is 0.394. The standard InChI is InChI=1S/C23H20FN3O2/c1-15-7-12-22(29-15)23(28)26-25-13-20-16(2)27(21-6-4-3-5-19(20)21)14-17-8-10-18(24)11-9-17/h3-13H,14H2,1-2H3,(H,26,28)/b25-13-. The van der Waals surface area contributed by atoms with Gasteiger partial charge in [-0.1, -0.05) is 30.3 Å². The molecule has 0 saturated carbocycles. The maximum atomic E-state index is 13.2. The number of nitrogens with one attached hydrogen (secondary N) is 1. The number of halogens is 1. The monoisotopic (exact) mass is 389 g/mol. The number of carbonyl (C=O) groups excluding carboxylic acids is 1. The van der Waals surface area contributed by atoms with E-state index < -0.39 is 5.91 Å². The van der Waals surface area contributed by atoms with E-state index in [1.807, 2.05) is 31.2 Å². The number of nitrogens with zero attached hydrogens (tertiary/aromatic N) is 2. The van der Waals surface area contributed by atoms with Crippen LogP contribution in [0.4, 0.5) is 4.39 Å². The molecule has 6 heteroatoms. The second-order valence-corrected chi connectivity index (χ2v) is 6.84. The van der Waals surface area contributed by atoms with Gasteiger partial charge in [0.2, 0.25) is 0 Å². The van der Waals surface area contributed by atoms with E-state index in [-0.39, 0.29) is 11.6 Å². The van der Waals surface area contributed by atoms with Crippen LogP contribution in [0.25, 0.3) is 10.9 Å². The average Bonchev–Trinajstić information content (AvgIpc) is 3.26. The molecule has 29 heavy (non-hydrogen) atoms. The predicted octanol–water partition coefficient (Wildman–Crippen LogP) is 4.80. The summed E-state index contributed by atoms with van der Waals surface area (Å²) in [6, 6.07) is 17.8. The highest BCUT2D eigenvalue weighted by Crippen LogP contribution is 2.25. The van der Waals surface area contributed by atoms with Crippen LogP contribution < -0.4 is 5.43 Å². The molecule has 2 aromatic carbocycles. The molecular formula is C23H20FN3O2. The summed E-state index contributed by atoms with van der Waals surface area (Å²) in [4.78, 5) is 12.1. The van der Waals surface area contributed by atoms with E-state index in [1.165, 1.54) is 12.1 Å². The van der Waals surface area contributed by atoms with Crippen LogP contribution in [-0.4, -0.2) is 16.7 Å². The van der Waals surface area contributed by atoms with Crippen LogP contribution in [-0.2, 0) is 6.54 Å². The van der Waals surface area contributed by atoms with Crippen molar-refractivity contribution in [1.29, 1.82) is 0 Å². The van der Waals surface area contributed by atoms with Crippen molar-refractivity contribution in [2.45, 2.75) is 20.4 Å². The van der Waals surface area contributed by atoms with Crippen molar-refractivity contribution in [3.63, 3.8) is 0 Å². The minimum atomic E-state index is -0.401. The number of hydrazone groups is 1. The van der Waals surface area contributed by atoms with Gasteiger partial charge in [-0.25, -0.2) is 9.82 Å². The molecule has 0 aliphatic heterocycles. The molecule has 0 radical (unpaired) electrons. The lowest BCUT2D eigenvalue weighted by Gasteiger charge is -2.08. The van der Waals surface area contributed by atoms with Gasteiger partial charge in [-0.15, -0.1) is 0 Å². The van der Waals surface area contributed by atoms with Crippen LogP contribution in [0.15, 0.2) is 70.2 Å². The van der Waals surface area contributed by atoms with E-state index in [2.05, 4.69) is 15.1 Å². The van der Waals surface area contributed by atoms with Crippen LogP contribution in [0, 0.1) is 19.7 Å². The first-order valence-corrected chi connectivity index (χ1v) is 9.25. The number of furan rings is 1. The minimum absolute atomic E-state index is 0.218. The predicted molar refractivity (Wildman–Crippen MR) is 111 cm³/mol. The van der Waals surface area contributed by atoms with Crippen molar-refractivity contribution in [2.75, 3.05) is 0 Å². The van der Waals surface area contributed by atoms with Crippen molar-refractivity contribution in [2.24, 2.45) is 5.10 Å². The Labute approximate surface area is 167 Å². The molecular weight excluding hydrogens is 369 g/mol. The molecule has 0 fully saturated rings. The highest BCUT2D eigenvalue weighted by molar-refractivity contribution is 6.01. The molecule has 5 nitrogen and oxygen atoms in total. The Morgan fingerprint density at radius 2 is 1.86 bits per heavy atom. The van der Waals surface area contributed by atoms with Gasteiger partial charge in [0.1, 0.15) is 11.6 Å². The van der Waals surface area contributed by atoms with Gasteiger partial charge in [0.25, 0.3) is 0 Å². The summed E-state index contributed by atoms with van der Waals surface area (Å²) in [7, 11) is 0. The van der Waals surface area contributed by atoms with Crippen molar-refractivity contribution in [3.8, 4) is 0 Å². The van der Waals surface area contributed by atoms with Gasteiger partial charge in [0.05, 0.1) is 6.21 Å². The Morgan fingerprint density at radius 1 is 1.10 bits per heavy atom. The van der Waals surface area contributed by atoms with E-state index in [4.69, 9.17) is 4.42 Å². The fourth-order valence-electron chi connectivity index (χ4n) is 3.36. The summed E-state index contributed by atoms with van der Waals surface area (Å²) < 4.78 is 20.7. The zero-order chi connectivity index (χ0) is 20.4. The van der Waals surface area contributed by atoms with Crippen LogP contribution in [0.2, 0.25) is 0 Å². The highest BCUT2D eigenvalue weighted by atomic mass is 19.1. The molecule has 0 aliphatic rings. The number of para-hydroxylation sites is 1. The van der Waals surface area contributed by atoms with Crippen LogP contribution in [0.1, 0.15) is 33.1 Å². The highest BCUT2D eigenvalue weighted by Gasteiger charge is 2.13. The number of rotatable bonds is 5. The van der Waals surface area contributed by atoms with Crippen LogP contribution in [0.3, 0.4) is 0 Å². The second-order valence-electron chi connectivity index (χ2n) is 6.84. The SMILES string of the molecule is Cc1ccc(C(=O)N/N=C\c2c(C)n(Cc3ccc(F)cc3)c3ccccc23)o1. The zero-order valence-corrected chi connectivity index (χ0v) is 16.1. The van der Waals surface area contributed by atoms with Gasteiger partial charge in [-0.05, 0) is 49.7 Å². The van der Waals surface area contributed by atoms with Crippen molar-refractivity contribution >= 4 is 23.0 Å². The molecule has 0 atom stereocenters. The van der Waals surface area contributed by atoms with Gasteiger partial charge < -0.3 is 8.98 Å². The Morgan fingerprint density at radius 3 is 2.59 bits per heavy atom. The summed E-state index contributed by atoms with van der Waals surface area (Å²) in [5.74, 6) is 0.231. The number of hydrogen-bond acceptors (Lipinski definition) is 3. The van der Waals surface area contributed by atoms with E-state index in [0.717, 1.165) is 27.7 Å². The fourth-order valence-corrected chi connectivity index (χ4v) is 3.36. The first-order valence-electron chi connectivity index (χ1n) is 9.25. The van der Waals surface area contributed by atoms with Crippen molar-refractivity contribution < 1.29 is 13.6 Å². The van der Waals surface area contributed by atoms with Gasteiger partial charge in [-0.2, -0.15) is 5.10 Å². The summed E-state index contributed by atoms with van der Waals surface area (Å²) in [6.07, 6.45) is 1.65. The molecule has 0 unspecified atom stereocenters. The third-order valence-corrected chi connectivity index (χ3v) is 4.86. The lowest BCUT2D eigenvalue weighted by molar-refractivity contribution is 0.0926. The lowest BCUT2D eigenvalue weighted by atomic mass is 10.1. The maximum absolute atomic E-state index is 13.2. The number of fused-ring (bicyclic) bond motifs is 1. The first-order chi connectivity index (χ1) is 14.0. The fraction of sp³-hybridized carbons (Fsp3) is 0.130. The third-order valence-electron chi connectivity index (χ3n) is 4.86. The normalized spacial score (nSPS) is 11.4. The number of hydrogen-bond donors (Lipinski definition) is 1. The minimum Gasteiger partial charge on any atom is -0.456 e. The first kappa shape index (κ1) is 18.7. The molecule has 0 spiro atoms. The number of benzene rings is 2. The van der Waals surface area contributed by atoms with Gasteiger partial charge in [-0.3, -0.25) is 4.79 Å². The molecule has 2 aromatic heterocycles. The molecule has 1 amide bonds. The van der Waals surface area contributed by atoms with E-state index >= 15 is 0 Å². The Kier molecular flexibility index (Phi) is 4.99. The van der Waals surface area contributed by atoms with Gasteiger partial charge >= 0.3 is 5.91 Å². The Balaban J connectivity index is 1.63. The summed E-state index contributed by atoms with van der Waals surface area (Å²) >= 11 is 0. The third kappa shape index (κ3) is 3.82. The maximum Gasteiger partial charge on any atom is 0.307 e. The van der Waals surface area contributed by atoms with E-state index in [9.17, 15) is 9.18 Å². The molecule has 146 valence electrons. The van der Waals surface area contributed by atoms with Crippen LogP contribution >= 0.6 is 0 Å². The number of carbonyl (C=O) groups is 1. The van der Waals surface area contributed by atoms with Gasteiger partial charge in [0, 0.05) is 28.7 Å². The zero-order valence-electron chi connectivity index (χ0n) is 16.1. The van der Waals surface area contributed by atoms with Crippen molar-refractivity contribution in [1.82, 2.24) is 9.99 Å². The average molecular weight is 389 g/mol. The molecule has 0 saturated heterocycles. The van der Waals surface area contributed by atoms with E-state index in [1.54, 1.807) is 37.4 Å². The molecule has 0 aliphatic carbocycles. The molecule has 1 N–H and O–H groups in total. The summed E-state index contributed by atoms with van der Waals surface area (Å²) in [5.41, 5.74) is 6.47. The summed E-state index contributed by atoms with van der Waals surface area (Å²) in [6.45, 7) is 4.39. The Bertz CT molecular complexity index is 1200. The number of aromatic nitrogens is 1. The van der Waals surface area contributed by atoms with E-state index in [0.29, 0.717) is 12.3 Å². The number of amides is 1. The smallest absolute Gasteiger partial charge is 0.307 e. The van der Waals surface area contributed by atoms with Crippen LogP contribution in [0.5, 0.6) is 0 Å². The van der Waals surface area contributed by atoms with Gasteiger partial charge in [0.15, 0.2) is 5.76 Å².